The summed E-state index contributed by atoms with van der Waals surface area (Å²) in [7, 11) is 0. The van der Waals surface area contributed by atoms with Crippen LogP contribution in [0.1, 0.15) is 60.1 Å². The average molecular weight is 255 g/mol. The Balaban J connectivity index is 2.42. The predicted molar refractivity (Wildman–Crippen MR) is 65.7 cm³/mol. The maximum atomic E-state index is 11.2. The standard InChI is InChI=1S/C12H17NO3S/c1-12(2,3)11-13-8(10(14)15)9(17-11)7-5-4-6-16-7/h7H,4-6H2,1-3H3,(H,14,15). The second-order valence-electron chi connectivity index (χ2n) is 5.29. The van der Waals surface area contributed by atoms with Crippen molar-refractivity contribution in [2.45, 2.75) is 45.1 Å². The van der Waals surface area contributed by atoms with E-state index in [-0.39, 0.29) is 17.2 Å². The second kappa shape index (κ2) is 4.38. The summed E-state index contributed by atoms with van der Waals surface area (Å²) in [4.78, 5) is 16.2. The van der Waals surface area contributed by atoms with E-state index in [2.05, 4.69) is 4.98 Å². The van der Waals surface area contributed by atoms with E-state index in [0.29, 0.717) is 6.61 Å². The fourth-order valence-electron chi connectivity index (χ4n) is 1.81. The van der Waals surface area contributed by atoms with Gasteiger partial charge in [0, 0.05) is 12.0 Å². The van der Waals surface area contributed by atoms with Gasteiger partial charge in [0.1, 0.15) is 0 Å². The zero-order valence-corrected chi connectivity index (χ0v) is 11.1. The van der Waals surface area contributed by atoms with E-state index in [4.69, 9.17) is 4.74 Å². The van der Waals surface area contributed by atoms with Crippen LogP contribution in [0.5, 0.6) is 0 Å². The van der Waals surface area contributed by atoms with Gasteiger partial charge < -0.3 is 9.84 Å². The third-order valence-electron chi connectivity index (χ3n) is 2.72. The van der Waals surface area contributed by atoms with Crippen LogP contribution in [0.2, 0.25) is 0 Å². The Kier molecular flexibility index (Phi) is 3.23. The number of aromatic nitrogens is 1. The molecule has 94 valence electrons. The first-order chi connectivity index (χ1) is 7.89. The van der Waals surface area contributed by atoms with Gasteiger partial charge >= 0.3 is 5.97 Å². The van der Waals surface area contributed by atoms with Crippen molar-refractivity contribution in [1.82, 2.24) is 4.98 Å². The summed E-state index contributed by atoms with van der Waals surface area (Å²) in [6.45, 7) is 6.83. The molecule has 1 aliphatic rings. The van der Waals surface area contributed by atoms with Crippen LogP contribution in [0.3, 0.4) is 0 Å². The van der Waals surface area contributed by atoms with Crippen molar-refractivity contribution in [3.05, 3.63) is 15.6 Å². The number of hydrogen-bond donors (Lipinski definition) is 1. The fraction of sp³-hybridized carbons (Fsp3) is 0.667. The Hall–Kier alpha value is -0.940. The van der Waals surface area contributed by atoms with Crippen molar-refractivity contribution in [3.8, 4) is 0 Å². The zero-order chi connectivity index (χ0) is 12.6. The number of carbonyl (C=O) groups is 1. The van der Waals surface area contributed by atoms with E-state index >= 15 is 0 Å². The van der Waals surface area contributed by atoms with Gasteiger partial charge in [0.25, 0.3) is 0 Å². The molecule has 1 aromatic heterocycles. The van der Waals surface area contributed by atoms with Gasteiger partial charge in [0.05, 0.1) is 16.0 Å². The molecule has 1 atom stereocenters. The molecule has 0 aliphatic carbocycles. The molecule has 1 aromatic rings. The number of hydrogen-bond acceptors (Lipinski definition) is 4. The molecule has 1 aliphatic heterocycles. The van der Waals surface area contributed by atoms with Crippen molar-refractivity contribution in [2.24, 2.45) is 0 Å². The number of thiazole rings is 1. The molecule has 0 aromatic carbocycles. The van der Waals surface area contributed by atoms with Crippen LogP contribution in [-0.2, 0) is 10.2 Å². The van der Waals surface area contributed by atoms with Gasteiger partial charge in [-0.2, -0.15) is 0 Å². The summed E-state index contributed by atoms with van der Waals surface area (Å²) in [5, 5.41) is 10.1. The van der Waals surface area contributed by atoms with E-state index in [1.165, 1.54) is 11.3 Å². The van der Waals surface area contributed by atoms with Gasteiger partial charge in [-0.3, -0.25) is 0 Å². The predicted octanol–water partition coefficient (Wildman–Crippen LogP) is 2.99. The van der Waals surface area contributed by atoms with E-state index in [1.807, 2.05) is 20.8 Å². The lowest BCUT2D eigenvalue weighted by atomic mass is 9.98. The lowest BCUT2D eigenvalue weighted by molar-refractivity contribution is 0.0677. The molecule has 1 saturated heterocycles. The highest BCUT2D eigenvalue weighted by Gasteiger charge is 2.30. The van der Waals surface area contributed by atoms with Gasteiger partial charge in [-0.25, -0.2) is 9.78 Å². The number of aromatic carboxylic acids is 1. The summed E-state index contributed by atoms with van der Waals surface area (Å²) in [5.41, 5.74) is 0.0537. The van der Waals surface area contributed by atoms with Crippen LogP contribution >= 0.6 is 11.3 Å². The molecular formula is C12H17NO3S. The van der Waals surface area contributed by atoms with Crippen molar-refractivity contribution in [3.63, 3.8) is 0 Å². The Labute approximate surface area is 105 Å². The number of carboxylic acid groups (broad SMARTS) is 1. The minimum absolute atomic E-state index is 0.0744. The van der Waals surface area contributed by atoms with Gasteiger partial charge in [0.15, 0.2) is 5.69 Å². The van der Waals surface area contributed by atoms with Crippen molar-refractivity contribution in [1.29, 1.82) is 0 Å². The Bertz CT molecular complexity index is 427. The molecule has 0 spiro atoms. The molecular weight excluding hydrogens is 238 g/mol. The Morgan fingerprint density at radius 2 is 2.24 bits per heavy atom. The van der Waals surface area contributed by atoms with E-state index in [9.17, 15) is 9.90 Å². The molecule has 1 N–H and O–H groups in total. The third-order valence-corrected chi connectivity index (χ3v) is 4.29. The maximum absolute atomic E-state index is 11.2. The largest absolute Gasteiger partial charge is 0.476 e. The maximum Gasteiger partial charge on any atom is 0.355 e. The van der Waals surface area contributed by atoms with Crippen LogP contribution in [0.25, 0.3) is 0 Å². The average Bonchev–Trinajstić information content (AvgIpc) is 2.85. The quantitative estimate of drug-likeness (QED) is 0.882. The lowest BCUT2D eigenvalue weighted by Crippen LogP contribution is -2.11. The third kappa shape index (κ3) is 2.50. The van der Waals surface area contributed by atoms with Gasteiger partial charge in [-0.15, -0.1) is 11.3 Å². The highest BCUT2D eigenvalue weighted by Crippen LogP contribution is 2.38. The number of ether oxygens (including phenoxy) is 1. The Morgan fingerprint density at radius 3 is 2.71 bits per heavy atom. The van der Waals surface area contributed by atoms with Gasteiger partial charge in [-0.05, 0) is 12.8 Å². The molecule has 1 unspecified atom stereocenters. The highest BCUT2D eigenvalue weighted by molar-refractivity contribution is 7.12. The number of carboxylic acids is 1. The number of rotatable bonds is 2. The van der Waals surface area contributed by atoms with E-state index in [1.54, 1.807) is 0 Å². The molecule has 0 saturated carbocycles. The molecule has 2 heterocycles. The molecule has 5 heteroatoms. The Morgan fingerprint density at radius 1 is 1.53 bits per heavy atom. The van der Waals surface area contributed by atoms with Crippen LogP contribution < -0.4 is 0 Å². The first-order valence-corrected chi connectivity index (χ1v) is 6.57. The summed E-state index contributed by atoms with van der Waals surface area (Å²) < 4.78 is 5.56. The second-order valence-corrected chi connectivity index (χ2v) is 6.32. The molecule has 0 radical (unpaired) electrons. The van der Waals surface area contributed by atoms with Gasteiger partial charge in [-0.1, -0.05) is 20.8 Å². The molecule has 2 rings (SSSR count). The zero-order valence-electron chi connectivity index (χ0n) is 10.3. The monoisotopic (exact) mass is 255 g/mol. The van der Waals surface area contributed by atoms with E-state index in [0.717, 1.165) is 22.7 Å². The summed E-state index contributed by atoms with van der Waals surface area (Å²) in [6.07, 6.45) is 1.81. The van der Waals surface area contributed by atoms with Crippen LogP contribution in [0, 0.1) is 0 Å². The van der Waals surface area contributed by atoms with Crippen LogP contribution in [0.4, 0.5) is 0 Å². The normalized spacial score (nSPS) is 20.8. The summed E-state index contributed by atoms with van der Waals surface area (Å²) in [6, 6.07) is 0. The molecule has 4 nitrogen and oxygen atoms in total. The molecule has 0 bridgehead atoms. The lowest BCUT2D eigenvalue weighted by Gasteiger charge is -2.13. The summed E-state index contributed by atoms with van der Waals surface area (Å²) in [5.74, 6) is -0.956. The molecule has 0 amide bonds. The van der Waals surface area contributed by atoms with Crippen LogP contribution in [0.15, 0.2) is 0 Å². The number of nitrogens with zero attached hydrogens (tertiary/aromatic N) is 1. The minimum Gasteiger partial charge on any atom is -0.476 e. The van der Waals surface area contributed by atoms with Crippen molar-refractivity contribution >= 4 is 17.3 Å². The first kappa shape index (κ1) is 12.5. The van der Waals surface area contributed by atoms with Crippen molar-refractivity contribution in [2.75, 3.05) is 6.61 Å². The molecule has 1 fully saturated rings. The summed E-state index contributed by atoms with van der Waals surface area (Å²) >= 11 is 1.48. The highest BCUT2D eigenvalue weighted by atomic mass is 32.1. The SMILES string of the molecule is CC(C)(C)c1nc(C(=O)O)c(C2CCCO2)s1. The minimum atomic E-state index is -0.956. The molecule has 17 heavy (non-hydrogen) atoms. The topological polar surface area (TPSA) is 59.4 Å². The van der Waals surface area contributed by atoms with Crippen LogP contribution in [-0.4, -0.2) is 22.7 Å². The van der Waals surface area contributed by atoms with Gasteiger partial charge in [0.2, 0.25) is 0 Å². The van der Waals surface area contributed by atoms with E-state index < -0.39 is 5.97 Å². The smallest absolute Gasteiger partial charge is 0.355 e. The fourth-order valence-corrected chi connectivity index (χ4v) is 3.01. The first-order valence-electron chi connectivity index (χ1n) is 5.75. The van der Waals surface area contributed by atoms with Crippen molar-refractivity contribution < 1.29 is 14.6 Å².